The smallest absolute Gasteiger partial charge is 0.338 e. The highest BCUT2D eigenvalue weighted by atomic mass is 16.5. The lowest BCUT2D eigenvalue weighted by Gasteiger charge is -2.14. The van der Waals surface area contributed by atoms with Gasteiger partial charge in [0.15, 0.2) is 0 Å². The van der Waals surface area contributed by atoms with Gasteiger partial charge in [-0.15, -0.1) is 0 Å². The van der Waals surface area contributed by atoms with Crippen molar-refractivity contribution < 1.29 is 9.53 Å². The van der Waals surface area contributed by atoms with Crippen molar-refractivity contribution in [2.75, 3.05) is 7.11 Å². The molecule has 0 saturated heterocycles. The molecule has 0 unspecified atom stereocenters. The van der Waals surface area contributed by atoms with Gasteiger partial charge < -0.3 is 9.30 Å². The molecule has 0 atom stereocenters. The lowest BCUT2D eigenvalue weighted by atomic mass is 10.1. The van der Waals surface area contributed by atoms with Crippen LogP contribution < -0.4 is 5.56 Å². The van der Waals surface area contributed by atoms with Crippen LogP contribution in [0.4, 0.5) is 0 Å². The van der Waals surface area contributed by atoms with Crippen molar-refractivity contribution in [2.24, 2.45) is 0 Å². The molecule has 0 aliphatic heterocycles. The summed E-state index contributed by atoms with van der Waals surface area (Å²) in [5.74, 6) is -0.545. The molecule has 5 heteroatoms. The first kappa shape index (κ1) is 16.0. The molecular weight excluding hydrogens is 328 g/mol. The third-order valence-electron chi connectivity index (χ3n) is 4.45. The van der Waals surface area contributed by atoms with Crippen molar-refractivity contribution in [3.05, 3.63) is 88.3 Å². The molecule has 2 aromatic heterocycles. The first-order chi connectivity index (χ1) is 12.7. The van der Waals surface area contributed by atoms with Gasteiger partial charge in [0.25, 0.3) is 5.56 Å². The van der Waals surface area contributed by atoms with Crippen molar-refractivity contribution in [1.29, 1.82) is 0 Å². The molecule has 0 spiro atoms. The Balaban J connectivity index is 2.11. The number of ether oxygens (including phenoxy) is 1. The van der Waals surface area contributed by atoms with Crippen LogP contribution in [0.5, 0.6) is 0 Å². The van der Waals surface area contributed by atoms with Crippen molar-refractivity contribution in [3.8, 4) is 0 Å². The van der Waals surface area contributed by atoms with E-state index in [-0.39, 0.29) is 16.5 Å². The van der Waals surface area contributed by atoms with Crippen LogP contribution in [-0.2, 0) is 11.3 Å². The standard InChI is InChI=1S/C21H16N2O3/c1-26-21(25)16-11-12-22-19-15-9-5-6-10-17(15)23(20(24)18(16)19)13-14-7-3-2-4-8-14/h2-12H,13H2,1H3. The Morgan fingerprint density at radius 3 is 2.54 bits per heavy atom. The maximum absolute atomic E-state index is 13.3. The SMILES string of the molecule is COC(=O)c1ccnc2c1c(=O)n(Cc1ccccc1)c1ccccc21. The molecule has 0 aliphatic carbocycles. The molecule has 2 heterocycles. The van der Waals surface area contributed by atoms with Gasteiger partial charge in [-0.05, 0) is 17.7 Å². The number of nitrogens with zero attached hydrogens (tertiary/aromatic N) is 2. The van der Waals surface area contributed by atoms with Gasteiger partial charge >= 0.3 is 5.97 Å². The zero-order chi connectivity index (χ0) is 18.1. The second-order valence-electron chi connectivity index (χ2n) is 5.97. The van der Waals surface area contributed by atoms with E-state index in [9.17, 15) is 9.59 Å². The minimum Gasteiger partial charge on any atom is -0.465 e. The summed E-state index contributed by atoms with van der Waals surface area (Å²) in [6.45, 7) is 0.408. The van der Waals surface area contributed by atoms with E-state index in [1.807, 2.05) is 54.6 Å². The Bertz CT molecular complexity index is 1180. The molecule has 2 aromatic carbocycles. The maximum Gasteiger partial charge on any atom is 0.338 e. The molecular formula is C21H16N2O3. The number of rotatable bonds is 3. The summed E-state index contributed by atoms with van der Waals surface area (Å²) < 4.78 is 6.54. The number of carbonyl (C=O) groups is 1. The van der Waals surface area contributed by atoms with Crippen molar-refractivity contribution in [3.63, 3.8) is 0 Å². The minimum absolute atomic E-state index is 0.232. The molecule has 0 radical (unpaired) electrons. The highest BCUT2D eigenvalue weighted by Crippen LogP contribution is 2.24. The fourth-order valence-electron chi connectivity index (χ4n) is 3.24. The topological polar surface area (TPSA) is 61.2 Å². The number of esters is 1. The Morgan fingerprint density at radius 1 is 1.04 bits per heavy atom. The first-order valence-corrected chi connectivity index (χ1v) is 8.23. The molecule has 26 heavy (non-hydrogen) atoms. The van der Waals surface area contributed by atoms with Crippen LogP contribution in [-0.4, -0.2) is 22.6 Å². The quantitative estimate of drug-likeness (QED) is 0.422. The number of carbonyl (C=O) groups excluding carboxylic acids is 1. The van der Waals surface area contributed by atoms with E-state index in [0.717, 1.165) is 16.5 Å². The molecule has 4 rings (SSSR count). The van der Waals surface area contributed by atoms with E-state index >= 15 is 0 Å². The average Bonchev–Trinajstić information content (AvgIpc) is 2.70. The number of fused-ring (bicyclic) bond motifs is 3. The zero-order valence-corrected chi connectivity index (χ0v) is 14.2. The number of methoxy groups -OCH3 is 1. The van der Waals surface area contributed by atoms with Crippen LogP contribution in [0.1, 0.15) is 15.9 Å². The van der Waals surface area contributed by atoms with Gasteiger partial charge in [-0.2, -0.15) is 0 Å². The van der Waals surface area contributed by atoms with E-state index in [0.29, 0.717) is 12.1 Å². The monoisotopic (exact) mass is 344 g/mol. The number of hydrogen-bond donors (Lipinski definition) is 0. The van der Waals surface area contributed by atoms with Gasteiger partial charge in [0, 0.05) is 11.6 Å². The Morgan fingerprint density at radius 2 is 1.77 bits per heavy atom. The second-order valence-corrected chi connectivity index (χ2v) is 5.97. The predicted octanol–water partition coefficient (Wildman–Crippen LogP) is 3.38. The average molecular weight is 344 g/mol. The molecule has 0 bridgehead atoms. The fourth-order valence-corrected chi connectivity index (χ4v) is 3.24. The minimum atomic E-state index is -0.545. The van der Waals surface area contributed by atoms with Gasteiger partial charge in [-0.25, -0.2) is 4.79 Å². The van der Waals surface area contributed by atoms with Gasteiger partial charge in [-0.3, -0.25) is 9.78 Å². The summed E-state index contributed by atoms with van der Waals surface area (Å²) >= 11 is 0. The van der Waals surface area contributed by atoms with Crippen LogP contribution in [0.2, 0.25) is 0 Å². The zero-order valence-electron chi connectivity index (χ0n) is 14.2. The van der Waals surface area contributed by atoms with Gasteiger partial charge in [-0.1, -0.05) is 48.5 Å². The van der Waals surface area contributed by atoms with E-state index in [2.05, 4.69) is 4.98 Å². The summed E-state index contributed by atoms with van der Waals surface area (Å²) in [4.78, 5) is 29.9. The lowest BCUT2D eigenvalue weighted by molar-refractivity contribution is 0.0603. The molecule has 0 fully saturated rings. The molecule has 5 nitrogen and oxygen atoms in total. The van der Waals surface area contributed by atoms with Crippen molar-refractivity contribution >= 4 is 27.8 Å². The molecule has 0 amide bonds. The maximum atomic E-state index is 13.3. The van der Waals surface area contributed by atoms with Gasteiger partial charge in [0.05, 0.1) is 35.6 Å². The Hall–Kier alpha value is -3.47. The van der Waals surface area contributed by atoms with Crippen molar-refractivity contribution in [1.82, 2.24) is 9.55 Å². The third-order valence-corrected chi connectivity index (χ3v) is 4.45. The van der Waals surface area contributed by atoms with Gasteiger partial charge in [0.2, 0.25) is 0 Å². The molecule has 0 saturated carbocycles. The molecule has 0 aliphatic rings. The summed E-state index contributed by atoms with van der Waals surface area (Å²) in [6, 6.07) is 18.9. The molecule has 128 valence electrons. The number of hydrogen-bond acceptors (Lipinski definition) is 4. The first-order valence-electron chi connectivity index (χ1n) is 8.23. The highest BCUT2D eigenvalue weighted by molar-refractivity contribution is 6.11. The summed E-state index contributed by atoms with van der Waals surface area (Å²) in [5, 5.41) is 1.11. The number of pyridine rings is 2. The van der Waals surface area contributed by atoms with Crippen LogP contribution in [0.15, 0.2) is 71.7 Å². The summed E-state index contributed by atoms with van der Waals surface area (Å²) in [7, 11) is 1.30. The lowest BCUT2D eigenvalue weighted by Crippen LogP contribution is -2.24. The fraction of sp³-hybridized carbons (Fsp3) is 0.0952. The highest BCUT2D eigenvalue weighted by Gasteiger charge is 2.19. The third kappa shape index (κ3) is 2.54. The van der Waals surface area contributed by atoms with E-state index < -0.39 is 5.97 Å². The largest absolute Gasteiger partial charge is 0.465 e. The number of benzene rings is 2. The Labute approximate surface area is 149 Å². The molecule has 0 N–H and O–H groups in total. The normalized spacial score (nSPS) is 11.0. The van der Waals surface area contributed by atoms with Gasteiger partial charge in [0.1, 0.15) is 0 Å². The van der Waals surface area contributed by atoms with Crippen LogP contribution in [0.3, 0.4) is 0 Å². The molecule has 4 aromatic rings. The second kappa shape index (κ2) is 6.44. The summed E-state index contributed by atoms with van der Waals surface area (Å²) in [5.41, 5.74) is 2.27. The number of aromatic nitrogens is 2. The van der Waals surface area contributed by atoms with Crippen LogP contribution >= 0.6 is 0 Å². The van der Waals surface area contributed by atoms with Crippen LogP contribution in [0, 0.1) is 0 Å². The number of para-hydroxylation sites is 1. The Kier molecular flexibility index (Phi) is 3.97. The van der Waals surface area contributed by atoms with E-state index in [1.165, 1.54) is 19.4 Å². The van der Waals surface area contributed by atoms with E-state index in [1.54, 1.807) is 4.57 Å². The summed E-state index contributed by atoms with van der Waals surface area (Å²) in [6.07, 6.45) is 1.53. The van der Waals surface area contributed by atoms with Crippen molar-refractivity contribution in [2.45, 2.75) is 6.54 Å². The predicted molar refractivity (Wildman–Crippen MR) is 100 cm³/mol. The van der Waals surface area contributed by atoms with Crippen LogP contribution in [0.25, 0.3) is 21.8 Å². The van der Waals surface area contributed by atoms with E-state index in [4.69, 9.17) is 4.74 Å².